The summed E-state index contributed by atoms with van der Waals surface area (Å²) in [5, 5.41) is 3.56. The smallest absolute Gasteiger partial charge is 0.163 e. The number of ether oxygens (including phenoxy) is 2. The summed E-state index contributed by atoms with van der Waals surface area (Å²) >= 11 is 0. The van der Waals surface area contributed by atoms with E-state index in [-0.39, 0.29) is 0 Å². The molecule has 0 amide bonds. The second-order valence-electron chi connectivity index (χ2n) is 5.38. The van der Waals surface area contributed by atoms with E-state index in [9.17, 15) is 0 Å². The van der Waals surface area contributed by atoms with Crippen molar-refractivity contribution >= 4 is 5.69 Å². The Morgan fingerprint density at radius 2 is 1.88 bits per heavy atom. The molecule has 1 unspecified atom stereocenters. The quantitative estimate of drug-likeness (QED) is 0.870. The van der Waals surface area contributed by atoms with Crippen LogP contribution in [0.1, 0.15) is 26.7 Å². The summed E-state index contributed by atoms with van der Waals surface area (Å²) in [6.45, 7) is 5.88. The molecule has 1 saturated carbocycles. The number of hydrogen-bond acceptors (Lipinski definition) is 3. The first-order chi connectivity index (χ1) is 8.17. The Morgan fingerprint density at radius 3 is 2.59 bits per heavy atom. The number of anilines is 1. The third-order valence-electron chi connectivity index (χ3n) is 4.01. The van der Waals surface area contributed by atoms with Crippen molar-refractivity contribution in [2.45, 2.75) is 32.7 Å². The first kappa shape index (κ1) is 10.8. The van der Waals surface area contributed by atoms with Crippen molar-refractivity contribution in [1.82, 2.24) is 0 Å². The molecule has 3 heteroatoms. The third-order valence-corrected chi connectivity index (χ3v) is 4.01. The first-order valence-electron chi connectivity index (χ1n) is 6.34. The summed E-state index contributed by atoms with van der Waals surface area (Å²) in [6, 6.07) is 6.59. The molecule has 0 bridgehead atoms. The van der Waals surface area contributed by atoms with Gasteiger partial charge in [-0.05, 0) is 37.3 Å². The molecule has 3 nitrogen and oxygen atoms in total. The monoisotopic (exact) mass is 233 g/mol. The second kappa shape index (κ2) is 3.83. The lowest BCUT2D eigenvalue weighted by Gasteiger charge is -2.23. The topological polar surface area (TPSA) is 30.5 Å². The highest BCUT2D eigenvalue weighted by atomic mass is 16.6. The molecule has 1 N–H and O–H groups in total. The average molecular weight is 233 g/mol. The number of nitrogens with one attached hydrogen (secondary N) is 1. The highest BCUT2D eigenvalue weighted by molar-refractivity contribution is 5.55. The predicted molar refractivity (Wildman–Crippen MR) is 67.9 cm³/mol. The van der Waals surface area contributed by atoms with Crippen LogP contribution < -0.4 is 14.8 Å². The summed E-state index contributed by atoms with van der Waals surface area (Å²) in [5.74, 6) is 1.71. The van der Waals surface area contributed by atoms with Gasteiger partial charge in [-0.3, -0.25) is 0 Å². The van der Waals surface area contributed by atoms with Crippen molar-refractivity contribution in [3.05, 3.63) is 18.2 Å². The summed E-state index contributed by atoms with van der Waals surface area (Å²) < 4.78 is 11.1. The van der Waals surface area contributed by atoms with E-state index < -0.39 is 0 Å². The minimum Gasteiger partial charge on any atom is -0.486 e. The van der Waals surface area contributed by atoms with E-state index in [2.05, 4.69) is 25.2 Å². The Bertz CT molecular complexity index is 426. The van der Waals surface area contributed by atoms with Crippen LogP contribution in [-0.4, -0.2) is 19.3 Å². The Hall–Kier alpha value is -1.38. The minimum absolute atomic E-state index is 0.479. The van der Waals surface area contributed by atoms with Gasteiger partial charge >= 0.3 is 0 Å². The summed E-state index contributed by atoms with van der Waals surface area (Å²) in [5.41, 5.74) is 1.60. The second-order valence-corrected chi connectivity index (χ2v) is 5.38. The molecular formula is C14H19NO2. The fraction of sp³-hybridized carbons (Fsp3) is 0.571. The normalized spacial score (nSPS) is 21.8. The standard InChI is InChI=1S/C14H19NO2/c1-10(14(2)5-6-14)15-11-3-4-12-13(9-11)17-8-7-16-12/h3-4,9-10,15H,5-8H2,1-2H3. The Labute approximate surface area is 102 Å². The number of benzene rings is 1. The van der Waals surface area contributed by atoms with Crippen LogP contribution in [0.3, 0.4) is 0 Å². The van der Waals surface area contributed by atoms with E-state index in [1.165, 1.54) is 12.8 Å². The molecule has 1 aliphatic heterocycles. The summed E-state index contributed by atoms with van der Waals surface area (Å²) in [4.78, 5) is 0. The van der Waals surface area contributed by atoms with Crippen molar-refractivity contribution in [2.75, 3.05) is 18.5 Å². The average Bonchev–Trinajstić information content (AvgIpc) is 3.09. The maximum absolute atomic E-state index is 5.58. The SMILES string of the molecule is CC(Nc1ccc2c(c1)OCCO2)C1(C)CC1. The van der Waals surface area contributed by atoms with Crippen molar-refractivity contribution in [1.29, 1.82) is 0 Å². The molecule has 0 radical (unpaired) electrons. The maximum Gasteiger partial charge on any atom is 0.163 e. The molecule has 1 aromatic rings. The molecular weight excluding hydrogens is 214 g/mol. The number of rotatable bonds is 3. The van der Waals surface area contributed by atoms with Gasteiger partial charge in [0.25, 0.3) is 0 Å². The first-order valence-corrected chi connectivity index (χ1v) is 6.34. The summed E-state index contributed by atoms with van der Waals surface area (Å²) in [7, 11) is 0. The Morgan fingerprint density at radius 1 is 1.18 bits per heavy atom. The highest BCUT2D eigenvalue weighted by Gasteiger charge is 2.42. The highest BCUT2D eigenvalue weighted by Crippen LogP contribution is 2.49. The zero-order chi connectivity index (χ0) is 11.9. The minimum atomic E-state index is 0.479. The van der Waals surface area contributed by atoms with E-state index in [1.54, 1.807) is 0 Å². The maximum atomic E-state index is 5.58. The van der Waals surface area contributed by atoms with Crippen LogP contribution in [0.2, 0.25) is 0 Å². The fourth-order valence-electron chi connectivity index (χ4n) is 2.19. The van der Waals surface area contributed by atoms with E-state index in [0.717, 1.165) is 17.2 Å². The zero-order valence-electron chi connectivity index (χ0n) is 10.5. The largest absolute Gasteiger partial charge is 0.486 e. The van der Waals surface area contributed by atoms with E-state index in [1.807, 2.05) is 12.1 Å². The Balaban J connectivity index is 1.75. The molecule has 0 saturated heterocycles. The molecule has 1 aromatic carbocycles. The number of hydrogen-bond donors (Lipinski definition) is 1. The van der Waals surface area contributed by atoms with Gasteiger partial charge in [-0.2, -0.15) is 0 Å². The van der Waals surface area contributed by atoms with Crippen molar-refractivity contribution < 1.29 is 9.47 Å². The van der Waals surface area contributed by atoms with Gasteiger partial charge in [0.2, 0.25) is 0 Å². The molecule has 1 fully saturated rings. The molecule has 1 heterocycles. The van der Waals surface area contributed by atoms with Crippen molar-refractivity contribution in [3.8, 4) is 11.5 Å². The van der Waals surface area contributed by atoms with E-state index in [4.69, 9.17) is 9.47 Å². The fourth-order valence-corrected chi connectivity index (χ4v) is 2.19. The molecule has 0 spiro atoms. The molecule has 92 valence electrons. The van der Waals surface area contributed by atoms with Crippen LogP contribution in [0.25, 0.3) is 0 Å². The van der Waals surface area contributed by atoms with Crippen LogP contribution in [0.4, 0.5) is 5.69 Å². The third kappa shape index (κ3) is 2.06. The molecule has 1 atom stereocenters. The van der Waals surface area contributed by atoms with Crippen LogP contribution >= 0.6 is 0 Å². The molecule has 2 aliphatic rings. The molecule has 17 heavy (non-hydrogen) atoms. The van der Waals surface area contributed by atoms with Crippen LogP contribution in [0, 0.1) is 5.41 Å². The lowest BCUT2D eigenvalue weighted by atomic mass is 10.0. The van der Waals surface area contributed by atoms with Crippen LogP contribution in [0.15, 0.2) is 18.2 Å². The predicted octanol–water partition coefficient (Wildman–Crippen LogP) is 3.06. The van der Waals surface area contributed by atoms with Gasteiger partial charge in [-0.1, -0.05) is 6.92 Å². The Kier molecular flexibility index (Phi) is 2.42. The van der Waals surface area contributed by atoms with Crippen LogP contribution in [-0.2, 0) is 0 Å². The molecule has 1 aliphatic carbocycles. The van der Waals surface area contributed by atoms with Gasteiger partial charge in [-0.15, -0.1) is 0 Å². The lowest BCUT2D eigenvalue weighted by molar-refractivity contribution is 0.171. The lowest BCUT2D eigenvalue weighted by Crippen LogP contribution is -2.25. The molecule has 3 rings (SSSR count). The summed E-state index contributed by atoms with van der Waals surface area (Å²) in [6.07, 6.45) is 2.65. The number of fused-ring (bicyclic) bond motifs is 1. The molecule has 0 aromatic heterocycles. The van der Waals surface area contributed by atoms with Gasteiger partial charge < -0.3 is 14.8 Å². The van der Waals surface area contributed by atoms with Crippen molar-refractivity contribution in [3.63, 3.8) is 0 Å². The van der Waals surface area contributed by atoms with E-state index >= 15 is 0 Å². The van der Waals surface area contributed by atoms with Crippen molar-refractivity contribution in [2.24, 2.45) is 5.41 Å². The van der Waals surface area contributed by atoms with Gasteiger partial charge in [0.1, 0.15) is 13.2 Å². The van der Waals surface area contributed by atoms with Gasteiger partial charge in [0.15, 0.2) is 11.5 Å². The van der Waals surface area contributed by atoms with Crippen LogP contribution in [0.5, 0.6) is 11.5 Å². The van der Waals surface area contributed by atoms with E-state index in [0.29, 0.717) is 24.7 Å². The van der Waals surface area contributed by atoms with Gasteiger partial charge in [0, 0.05) is 17.8 Å². The zero-order valence-corrected chi connectivity index (χ0v) is 10.5. The van der Waals surface area contributed by atoms with Gasteiger partial charge in [0.05, 0.1) is 0 Å². The van der Waals surface area contributed by atoms with Gasteiger partial charge in [-0.25, -0.2) is 0 Å².